The van der Waals surface area contributed by atoms with E-state index in [0.29, 0.717) is 30.8 Å². The number of aromatic nitrogens is 2. The van der Waals surface area contributed by atoms with Crippen LogP contribution in [0.4, 0.5) is 22.1 Å². The number of amides is 1. The van der Waals surface area contributed by atoms with E-state index in [-0.39, 0.29) is 0 Å². The molecule has 2 saturated heterocycles. The van der Waals surface area contributed by atoms with Crippen molar-refractivity contribution in [2.24, 2.45) is 0 Å². The molecule has 0 radical (unpaired) electrons. The molecule has 3 aliphatic rings. The van der Waals surface area contributed by atoms with Crippen LogP contribution >= 0.6 is 0 Å². The third-order valence-electron chi connectivity index (χ3n) is 5.79. The summed E-state index contributed by atoms with van der Waals surface area (Å²) in [5.74, 6) is 2.71. The molecule has 0 bridgehead atoms. The van der Waals surface area contributed by atoms with E-state index in [9.17, 15) is 4.79 Å². The fourth-order valence-corrected chi connectivity index (χ4v) is 4.26. The number of methoxy groups -OCH3 is 1. The summed E-state index contributed by atoms with van der Waals surface area (Å²) in [5, 5.41) is 2.67. The molecule has 158 valence electrons. The Bertz CT molecular complexity index is 930. The summed E-state index contributed by atoms with van der Waals surface area (Å²) in [6.07, 6.45) is 0.411. The maximum Gasteiger partial charge on any atom is 0.411 e. The average Bonchev–Trinajstić information content (AvgIpc) is 3.18. The van der Waals surface area contributed by atoms with E-state index in [2.05, 4.69) is 19.9 Å². The number of carbonyl (C=O) groups is 1. The maximum absolute atomic E-state index is 11.4. The first-order valence-electron chi connectivity index (χ1n) is 10.3. The number of fused-ring (bicyclic) bond motifs is 3. The molecule has 1 atom stereocenters. The SMILES string of the molecule is COC(=O)Nc1ccc(-c2nc(N3CCOCC3)c3c(n2)N2CCOC[C@H]2C3)cc1. The van der Waals surface area contributed by atoms with E-state index in [1.54, 1.807) is 0 Å². The minimum atomic E-state index is -0.496. The lowest BCUT2D eigenvalue weighted by Gasteiger charge is -2.31. The molecule has 0 aliphatic carbocycles. The lowest BCUT2D eigenvalue weighted by Crippen LogP contribution is -2.43. The molecule has 1 amide bonds. The molecule has 4 heterocycles. The number of benzene rings is 1. The number of morpholine rings is 2. The Morgan fingerprint density at radius 3 is 2.57 bits per heavy atom. The van der Waals surface area contributed by atoms with Crippen molar-refractivity contribution < 1.29 is 19.0 Å². The van der Waals surface area contributed by atoms with Gasteiger partial charge in [-0.3, -0.25) is 5.32 Å². The molecule has 1 aromatic carbocycles. The number of hydrogen-bond acceptors (Lipinski definition) is 8. The van der Waals surface area contributed by atoms with Gasteiger partial charge in [0, 0.05) is 42.9 Å². The van der Waals surface area contributed by atoms with Crippen molar-refractivity contribution in [3.05, 3.63) is 29.8 Å². The summed E-state index contributed by atoms with van der Waals surface area (Å²) in [6, 6.07) is 7.82. The monoisotopic (exact) mass is 411 g/mol. The summed E-state index contributed by atoms with van der Waals surface area (Å²) in [6.45, 7) is 5.35. The summed E-state index contributed by atoms with van der Waals surface area (Å²) in [5.41, 5.74) is 2.77. The standard InChI is InChI=1S/C21H25N5O4/c1-28-21(27)22-15-4-2-14(3-5-15)18-23-19(25-6-9-29-10-7-25)17-12-16-13-30-11-8-26(16)20(17)24-18/h2-5,16H,6-13H2,1H3,(H,22,27)/t16-/m1/s1. The quantitative estimate of drug-likeness (QED) is 0.820. The van der Waals surface area contributed by atoms with Gasteiger partial charge in [0.05, 0.1) is 39.6 Å². The van der Waals surface area contributed by atoms with Gasteiger partial charge in [-0.15, -0.1) is 0 Å². The molecule has 1 N–H and O–H groups in total. The van der Waals surface area contributed by atoms with Crippen LogP contribution in [0.15, 0.2) is 24.3 Å². The van der Waals surface area contributed by atoms with Crippen LogP contribution in [0.2, 0.25) is 0 Å². The van der Waals surface area contributed by atoms with Crippen molar-refractivity contribution in [1.29, 1.82) is 0 Å². The highest BCUT2D eigenvalue weighted by atomic mass is 16.5. The van der Waals surface area contributed by atoms with Gasteiger partial charge in [-0.05, 0) is 24.3 Å². The highest BCUT2D eigenvalue weighted by molar-refractivity contribution is 5.85. The average molecular weight is 411 g/mol. The number of ether oxygens (including phenoxy) is 3. The van der Waals surface area contributed by atoms with Crippen LogP contribution < -0.4 is 15.1 Å². The number of anilines is 3. The number of nitrogens with zero attached hydrogens (tertiary/aromatic N) is 4. The fraction of sp³-hybridized carbons (Fsp3) is 0.476. The number of nitrogens with one attached hydrogen (secondary N) is 1. The predicted molar refractivity (Wildman–Crippen MR) is 112 cm³/mol. The Morgan fingerprint density at radius 2 is 1.80 bits per heavy atom. The van der Waals surface area contributed by atoms with Crippen LogP contribution in [-0.2, 0) is 20.6 Å². The van der Waals surface area contributed by atoms with Gasteiger partial charge < -0.3 is 24.0 Å². The van der Waals surface area contributed by atoms with Crippen LogP contribution in [0.25, 0.3) is 11.4 Å². The predicted octanol–water partition coefficient (Wildman–Crippen LogP) is 1.92. The molecular weight excluding hydrogens is 386 g/mol. The molecule has 5 rings (SSSR count). The molecular formula is C21H25N5O4. The summed E-state index contributed by atoms with van der Waals surface area (Å²) in [4.78, 5) is 26.0. The second-order valence-corrected chi connectivity index (χ2v) is 7.59. The van der Waals surface area contributed by atoms with Crippen molar-refractivity contribution in [2.75, 3.05) is 68.3 Å². The van der Waals surface area contributed by atoms with E-state index in [1.165, 1.54) is 12.7 Å². The van der Waals surface area contributed by atoms with E-state index >= 15 is 0 Å². The van der Waals surface area contributed by atoms with Gasteiger partial charge in [0.2, 0.25) is 0 Å². The third-order valence-corrected chi connectivity index (χ3v) is 5.79. The summed E-state index contributed by atoms with van der Waals surface area (Å²) >= 11 is 0. The van der Waals surface area contributed by atoms with Crippen molar-refractivity contribution in [3.8, 4) is 11.4 Å². The van der Waals surface area contributed by atoms with Gasteiger partial charge in [-0.1, -0.05) is 0 Å². The molecule has 0 saturated carbocycles. The normalized spacial score (nSPS) is 20.5. The Hall–Kier alpha value is -2.91. The van der Waals surface area contributed by atoms with Crippen LogP contribution in [-0.4, -0.2) is 75.3 Å². The molecule has 1 aromatic heterocycles. The van der Waals surface area contributed by atoms with Crippen LogP contribution in [0.5, 0.6) is 0 Å². The van der Waals surface area contributed by atoms with Crippen LogP contribution in [0.3, 0.4) is 0 Å². The smallest absolute Gasteiger partial charge is 0.411 e. The second-order valence-electron chi connectivity index (χ2n) is 7.59. The van der Waals surface area contributed by atoms with E-state index in [1.807, 2.05) is 24.3 Å². The van der Waals surface area contributed by atoms with E-state index in [4.69, 9.17) is 19.4 Å². The Morgan fingerprint density at radius 1 is 1.07 bits per heavy atom. The van der Waals surface area contributed by atoms with Crippen molar-refractivity contribution in [1.82, 2.24) is 9.97 Å². The minimum absolute atomic E-state index is 0.324. The molecule has 2 aromatic rings. The zero-order chi connectivity index (χ0) is 20.5. The lowest BCUT2D eigenvalue weighted by atomic mass is 10.1. The highest BCUT2D eigenvalue weighted by Gasteiger charge is 2.37. The van der Waals surface area contributed by atoms with Gasteiger partial charge in [-0.2, -0.15) is 0 Å². The van der Waals surface area contributed by atoms with Crippen molar-refractivity contribution in [2.45, 2.75) is 12.5 Å². The first kappa shape index (κ1) is 19.1. The van der Waals surface area contributed by atoms with Gasteiger partial charge in [-0.25, -0.2) is 14.8 Å². The molecule has 30 heavy (non-hydrogen) atoms. The van der Waals surface area contributed by atoms with Gasteiger partial charge in [0.25, 0.3) is 0 Å². The molecule has 3 aliphatic heterocycles. The third kappa shape index (κ3) is 3.54. The fourth-order valence-electron chi connectivity index (χ4n) is 4.26. The van der Waals surface area contributed by atoms with E-state index in [0.717, 1.165) is 56.5 Å². The molecule has 2 fully saturated rings. The van der Waals surface area contributed by atoms with Crippen molar-refractivity contribution >= 4 is 23.4 Å². The Balaban J connectivity index is 1.52. The molecule has 9 heteroatoms. The number of hydrogen-bond donors (Lipinski definition) is 1. The Labute approximate surface area is 174 Å². The minimum Gasteiger partial charge on any atom is -0.453 e. The summed E-state index contributed by atoms with van der Waals surface area (Å²) < 4.78 is 15.9. The van der Waals surface area contributed by atoms with Gasteiger partial charge in [0.15, 0.2) is 5.82 Å². The zero-order valence-corrected chi connectivity index (χ0v) is 17.0. The number of carbonyl (C=O) groups excluding carboxylic acids is 1. The van der Waals surface area contributed by atoms with E-state index < -0.39 is 6.09 Å². The van der Waals surface area contributed by atoms with Crippen LogP contribution in [0, 0.1) is 0 Å². The van der Waals surface area contributed by atoms with Crippen LogP contribution in [0.1, 0.15) is 5.56 Å². The largest absolute Gasteiger partial charge is 0.453 e. The Kier molecular flexibility index (Phi) is 5.14. The second kappa shape index (κ2) is 8.08. The zero-order valence-electron chi connectivity index (χ0n) is 17.0. The van der Waals surface area contributed by atoms with Gasteiger partial charge in [0.1, 0.15) is 11.6 Å². The molecule has 9 nitrogen and oxygen atoms in total. The van der Waals surface area contributed by atoms with Crippen molar-refractivity contribution in [3.63, 3.8) is 0 Å². The topological polar surface area (TPSA) is 89.0 Å². The summed E-state index contributed by atoms with van der Waals surface area (Å²) in [7, 11) is 1.34. The molecule has 0 spiro atoms. The lowest BCUT2D eigenvalue weighted by molar-refractivity contribution is 0.0973. The molecule has 0 unspecified atom stereocenters. The maximum atomic E-state index is 11.4. The first-order chi connectivity index (χ1) is 14.7. The van der Waals surface area contributed by atoms with Gasteiger partial charge >= 0.3 is 6.09 Å². The number of rotatable bonds is 3. The first-order valence-corrected chi connectivity index (χ1v) is 10.3. The highest BCUT2D eigenvalue weighted by Crippen LogP contribution is 2.39.